The van der Waals surface area contributed by atoms with Gasteiger partial charge >= 0.3 is 18.0 Å². The van der Waals surface area contributed by atoms with Gasteiger partial charge in [0.05, 0.1) is 6.61 Å². The van der Waals surface area contributed by atoms with E-state index in [1.807, 2.05) is 0 Å². The highest BCUT2D eigenvalue weighted by molar-refractivity contribution is 5.85. The molecule has 2 amide bonds. The first-order valence-corrected chi connectivity index (χ1v) is 5.91. The third-order valence-corrected chi connectivity index (χ3v) is 2.56. The Bertz CT molecular complexity index is 340. The number of rotatable bonds is 6. The van der Waals surface area contributed by atoms with Gasteiger partial charge in [0, 0.05) is 6.04 Å². The van der Waals surface area contributed by atoms with Crippen molar-refractivity contribution in [3.05, 3.63) is 0 Å². The molecule has 102 valence electrons. The van der Waals surface area contributed by atoms with Gasteiger partial charge in [0.2, 0.25) is 0 Å². The summed E-state index contributed by atoms with van der Waals surface area (Å²) in [6.45, 7) is 3.17. The van der Waals surface area contributed by atoms with Crippen molar-refractivity contribution in [2.75, 3.05) is 13.2 Å². The van der Waals surface area contributed by atoms with E-state index in [0.717, 1.165) is 12.8 Å². The number of carbonyl (C=O) groups is 3. The Kier molecular flexibility index (Phi) is 4.94. The van der Waals surface area contributed by atoms with Crippen LogP contribution in [0.1, 0.15) is 26.7 Å². The lowest BCUT2D eigenvalue weighted by atomic mass is 10.3. The number of carboxylic acid groups (broad SMARTS) is 1. The molecule has 0 unspecified atom stereocenters. The van der Waals surface area contributed by atoms with Crippen molar-refractivity contribution >= 4 is 18.0 Å². The number of nitrogens with zero attached hydrogens (tertiary/aromatic N) is 1. The molecule has 2 N–H and O–H groups in total. The minimum Gasteiger partial charge on any atom is -0.480 e. The summed E-state index contributed by atoms with van der Waals surface area (Å²) in [6.07, 6.45) is 1.66. The number of ether oxygens (including phenoxy) is 1. The number of aliphatic carboxylic acids is 1. The number of urea groups is 1. The van der Waals surface area contributed by atoms with Gasteiger partial charge in [0.25, 0.3) is 0 Å². The van der Waals surface area contributed by atoms with Gasteiger partial charge in [-0.2, -0.15) is 0 Å². The van der Waals surface area contributed by atoms with E-state index in [-0.39, 0.29) is 19.2 Å². The van der Waals surface area contributed by atoms with Gasteiger partial charge in [0.15, 0.2) is 0 Å². The second-order valence-corrected chi connectivity index (χ2v) is 4.17. The summed E-state index contributed by atoms with van der Waals surface area (Å²) >= 11 is 0. The molecule has 0 spiro atoms. The van der Waals surface area contributed by atoms with Gasteiger partial charge in [-0.3, -0.25) is 9.59 Å². The third-order valence-electron chi connectivity index (χ3n) is 2.56. The van der Waals surface area contributed by atoms with Gasteiger partial charge in [0.1, 0.15) is 12.6 Å². The lowest BCUT2D eigenvalue weighted by Gasteiger charge is -2.23. The van der Waals surface area contributed by atoms with Crippen molar-refractivity contribution in [2.24, 2.45) is 0 Å². The van der Waals surface area contributed by atoms with Crippen LogP contribution in [0.3, 0.4) is 0 Å². The molecule has 7 heteroatoms. The number of hydrogen-bond donors (Lipinski definition) is 2. The first kappa shape index (κ1) is 14.3. The van der Waals surface area contributed by atoms with E-state index in [9.17, 15) is 14.4 Å². The second-order valence-electron chi connectivity index (χ2n) is 4.17. The Morgan fingerprint density at radius 1 is 1.44 bits per heavy atom. The summed E-state index contributed by atoms with van der Waals surface area (Å²) in [6, 6.07) is -1.52. The topological polar surface area (TPSA) is 95.9 Å². The highest BCUT2D eigenvalue weighted by atomic mass is 16.5. The van der Waals surface area contributed by atoms with Gasteiger partial charge in [-0.1, -0.05) is 0 Å². The van der Waals surface area contributed by atoms with Crippen LogP contribution in [0.25, 0.3) is 0 Å². The van der Waals surface area contributed by atoms with E-state index < -0.39 is 24.0 Å². The molecule has 0 aromatic carbocycles. The number of carboxylic acids is 1. The van der Waals surface area contributed by atoms with Crippen LogP contribution in [-0.2, 0) is 14.3 Å². The predicted molar refractivity (Wildman–Crippen MR) is 62.0 cm³/mol. The summed E-state index contributed by atoms with van der Waals surface area (Å²) < 4.78 is 4.78. The van der Waals surface area contributed by atoms with E-state index in [4.69, 9.17) is 9.84 Å². The molecule has 0 radical (unpaired) electrons. The highest BCUT2D eigenvalue weighted by Crippen LogP contribution is 2.26. The van der Waals surface area contributed by atoms with E-state index in [1.54, 1.807) is 6.92 Å². The Balaban J connectivity index is 2.53. The van der Waals surface area contributed by atoms with Gasteiger partial charge in [-0.15, -0.1) is 0 Å². The van der Waals surface area contributed by atoms with E-state index in [1.165, 1.54) is 11.8 Å². The first-order chi connectivity index (χ1) is 8.45. The van der Waals surface area contributed by atoms with Crippen LogP contribution in [0.5, 0.6) is 0 Å². The summed E-state index contributed by atoms with van der Waals surface area (Å²) in [4.78, 5) is 35.1. The van der Waals surface area contributed by atoms with Crippen LogP contribution in [0.4, 0.5) is 4.79 Å². The molecule has 0 heterocycles. The molecule has 1 rings (SSSR count). The van der Waals surface area contributed by atoms with Crippen molar-refractivity contribution in [1.82, 2.24) is 10.2 Å². The zero-order valence-electron chi connectivity index (χ0n) is 10.5. The smallest absolute Gasteiger partial charge is 0.325 e. The van der Waals surface area contributed by atoms with Gasteiger partial charge in [-0.05, 0) is 26.7 Å². The second kappa shape index (κ2) is 6.23. The molecule has 0 aliphatic heterocycles. The van der Waals surface area contributed by atoms with Gasteiger partial charge in [-0.25, -0.2) is 4.79 Å². The predicted octanol–water partition coefficient (Wildman–Crippen LogP) is 0.197. The minimum absolute atomic E-state index is 0.00963. The normalized spacial score (nSPS) is 15.7. The molecule has 1 aliphatic carbocycles. The quantitative estimate of drug-likeness (QED) is 0.663. The molecule has 0 saturated heterocycles. The fourth-order valence-electron chi connectivity index (χ4n) is 1.43. The van der Waals surface area contributed by atoms with Crippen LogP contribution in [-0.4, -0.2) is 53.2 Å². The van der Waals surface area contributed by atoms with E-state index in [0.29, 0.717) is 0 Å². The summed E-state index contributed by atoms with van der Waals surface area (Å²) in [5.74, 6) is -1.60. The SMILES string of the molecule is CCOC(=O)CN(C(=O)N[C@@H](C)C(=O)O)C1CC1. The molecule has 18 heavy (non-hydrogen) atoms. The lowest BCUT2D eigenvalue weighted by molar-refractivity contribution is -0.143. The average Bonchev–Trinajstić information content (AvgIpc) is 3.09. The maximum atomic E-state index is 11.8. The molecule has 0 aromatic rings. The molecule has 0 aromatic heterocycles. The van der Waals surface area contributed by atoms with Crippen molar-refractivity contribution < 1.29 is 24.2 Å². The third kappa shape index (κ3) is 4.23. The van der Waals surface area contributed by atoms with Crippen LogP contribution in [0.2, 0.25) is 0 Å². The molecule has 1 saturated carbocycles. The molecule has 1 aliphatic rings. The van der Waals surface area contributed by atoms with Crippen molar-refractivity contribution in [2.45, 2.75) is 38.8 Å². The Morgan fingerprint density at radius 2 is 2.06 bits per heavy atom. The molecular weight excluding hydrogens is 240 g/mol. The minimum atomic E-state index is -1.12. The maximum Gasteiger partial charge on any atom is 0.325 e. The number of carbonyl (C=O) groups excluding carboxylic acids is 2. The summed E-state index contributed by atoms with van der Waals surface area (Å²) in [5.41, 5.74) is 0. The maximum absolute atomic E-state index is 11.8. The first-order valence-electron chi connectivity index (χ1n) is 5.91. The van der Waals surface area contributed by atoms with Gasteiger partial charge < -0.3 is 20.1 Å². The fraction of sp³-hybridized carbons (Fsp3) is 0.727. The number of esters is 1. The largest absolute Gasteiger partial charge is 0.480 e. The molecular formula is C11H18N2O5. The number of hydrogen-bond acceptors (Lipinski definition) is 4. The van der Waals surface area contributed by atoms with Crippen LogP contribution in [0, 0.1) is 0 Å². The number of nitrogens with one attached hydrogen (secondary N) is 1. The molecule has 1 atom stereocenters. The Labute approximate surface area is 105 Å². The zero-order valence-corrected chi connectivity index (χ0v) is 10.5. The summed E-state index contributed by atoms with van der Waals surface area (Å²) in [5, 5.41) is 11.0. The van der Waals surface area contributed by atoms with Crippen LogP contribution >= 0.6 is 0 Å². The average molecular weight is 258 g/mol. The van der Waals surface area contributed by atoms with E-state index in [2.05, 4.69) is 5.32 Å². The van der Waals surface area contributed by atoms with Crippen molar-refractivity contribution in [3.8, 4) is 0 Å². The standard InChI is InChI=1S/C11H18N2O5/c1-3-18-9(14)6-13(8-4-5-8)11(17)12-7(2)10(15)16/h7-8H,3-6H2,1-2H3,(H,12,17)(H,15,16)/t7-/m0/s1. The fourth-order valence-corrected chi connectivity index (χ4v) is 1.43. The lowest BCUT2D eigenvalue weighted by Crippen LogP contribution is -2.49. The van der Waals surface area contributed by atoms with Crippen molar-refractivity contribution in [1.29, 1.82) is 0 Å². The van der Waals surface area contributed by atoms with Crippen LogP contribution < -0.4 is 5.32 Å². The highest BCUT2D eigenvalue weighted by Gasteiger charge is 2.35. The van der Waals surface area contributed by atoms with Crippen LogP contribution in [0.15, 0.2) is 0 Å². The summed E-state index contributed by atoms with van der Waals surface area (Å²) in [7, 11) is 0. The Hall–Kier alpha value is -1.79. The number of amides is 2. The molecule has 1 fully saturated rings. The zero-order chi connectivity index (χ0) is 13.7. The van der Waals surface area contributed by atoms with E-state index >= 15 is 0 Å². The molecule has 7 nitrogen and oxygen atoms in total. The molecule has 0 bridgehead atoms. The Morgan fingerprint density at radius 3 is 2.50 bits per heavy atom. The monoisotopic (exact) mass is 258 g/mol. The van der Waals surface area contributed by atoms with Crippen molar-refractivity contribution in [3.63, 3.8) is 0 Å².